The molecule has 29 heavy (non-hydrogen) atoms. The SMILES string of the molecule is O=C(O)c1ccc(-n2cc(C(=O)c3c(Cl)cccc3Cl)c3ccccc32)c(Cl)c1. The van der Waals surface area contributed by atoms with Crippen LogP contribution in [-0.4, -0.2) is 21.4 Å². The molecule has 0 aliphatic carbocycles. The number of rotatable bonds is 4. The van der Waals surface area contributed by atoms with Gasteiger partial charge in [-0.15, -0.1) is 0 Å². The molecule has 7 heteroatoms. The van der Waals surface area contributed by atoms with E-state index in [-0.39, 0.29) is 32.0 Å². The van der Waals surface area contributed by atoms with Crippen molar-refractivity contribution in [2.24, 2.45) is 0 Å². The molecule has 0 aliphatic heterocycles. The van der Waals surface area contributed by atoms with Gasteiger partial charge in [0.25, 0.3) is 0 Å². The zero-order valence-electron chi connectivity index (χ0n) is 14.7. The highest BCUT2D eigenvalue weighted by atomic mass is 35.5. The van der Waals surface area contributed by atoms with E-state index in [4.69, 9.17) is 39.9 Å². The lowest BCUT2D eigenvalue weighted by molar-refractivity contribution is 0.0696. The van der Waals surface area contributed by atoms with Crippen LogP contribution < -0.4 is 0 Å². The van der Waals surface area contributed by atoms with Crippen molar-refractivity contribution in [1.82, 2.24) is 4.57 Å². The average Bonchev–Trinajstić information content (AvgIpc) is 3.07. The summed E-state index contributed by atoms with van der Waals surface area (Å²) in [7, 11) is 0. The first kappa shape index (κ1) is 19.5. The van der Waals surface area contributed by atoms with Crippen LogP contribution in [0.15, 0.2) is 66.9 Å². The highest BCUT2D eigenvalue weighted by molar-refractivity contribution is 6.41. The number of carbonyl (C=O) groups excluding carboxylic acids is 1. The Labute approximate surface area is 180 Å². The second-order valence-electron chi connectivity index (χ2n) is 6.33. The standard InChI is InChI=1S/C22H12Cl3NO3/c23-15-5-3-6-16(24)20(15)21(27)14-11-26(18-7-2-1-4-13(14)18)19-9-8-12(22(28)29)10-17(19)25/h1-11H,(H,28,29). The van der Waals surface area contributed by atoms with Crippen molar-refractivity contribution in [3.8, 4) is 5.69 Å². The molecular weight excluding hydrogens is 433 g/mol. The zero-order chi connectivity index (χ0) is 20.7. The topological polar surface area (TPSA) is 59.3 Å². The Balaban J connectivity index is 1.94. The molecule has 0 saturated carbocycles. The molecule has 0 saturated heterocycles. The molecule has 4 aromatic rings. The number of aromatic carboxylic acids is 1. The lowest BCUT2D eigenvalue weighted by atomic mass is 10.0. The maximum atomic E-state index is 13.3. The molecule has 0 spiro atoms. The maximum Gasteiger partial charge on any atom is 0.335 e. The van der Waals surface area contributed by atoms with Gasteiger partial charge in [0.05, 0.1) is 37.4 Å². The maximum absolute atomic E-state index is 13.3. The van der Waals surface area contributed by atoms with Gasteiger partial charge in [0.1, 0.15) is 0 Å². The van der Waals surface area contributed by atoms with Gasteiger partial charge < -0.3 is 9.67 Å². The van der Waals surface area contributed by atoms with E-state index >= 15 is 0 Å². The van der Waals surface area contributed by atoms with Crippen LogP contribution in [0.4, 0.5) is 0 Å². The number of carboxylic acids is 1. The highest BCUT2D eigenvalue weighted by Gasteiger charge is 2.22. The Morgan fingerprint density at radius 1 is 0.828 bits per heavy atom. The summed E-state index contributed by atoms with van der Waals surface area (Å²) in [5.74, 6) is -1.38. The quantitative estimate of drug-likeness (QED) is 0.364. The molecular formula is C22H12Cl3NO3. The minimum absolute atomic E-state index is 0.0781. The molecule has 0 bridgehead atoms. The molecule has 0 aliphatic rings. The number of hydrogen-bond acceptors (Lipinski definition) is 2. The third-order valence-corrected chi connectivity index (χ3v) is 5.53. The summed E-state index contributed by atoms with van der Waals surface area (Å²) < 4.78 is 1.75. The minimum Gasteiger partial charge on any atom is -0.478 e. The van der Waals surface area contributed by atoms with Gasteiger partial charge in [-0.05, 0) is 36.4 Å². The number of para-hydroxylation sites is 1. The Morgan fingerprint density at radius 2 is 1.52 bits per heavy atom. The monoisotopic (exact) mass is 443 g/mol. The summed E-state index contributed by atoms with van der Waals surface area (Å²) in [6, 6.07) is 16.7. The predicted octanol–water partition coefficient (Wildman–Crippen LogP) is 6.52. The summed E-state index contributed by atoms with van der Waals surface area (Å²) in [4.78, 5) is 24.5. The second kappa shape index (κ2) is 7.56. The Morgan fingerprint density at radius 3 is 2.17 bits per heavy atom. The molecule has 4 rings (SSSR count). The zero-order valence-corrected chi connectivity index (χ0v) is 17.0. The first-order chi connectivity index (χ1) is 13.9. The average molecular weight is 445 g/mol. The van der Waals surface area contributed by atoms with Crippen molar-refractivity contribution in [3.05, 3.63) is 98.6 Å². The fourth-order valence-electron chi connectivity index (χ4n) is 3.24. The third kappa shape index (κ3) is 3.40. The van der Waals surface area contributed by atoms with Crippen LogP contribution in [0.25, 0.3) is 16.6 Å². The molecule has 144 valence electrons. The van der Waals surface area contributed by atoms with E-state index in [0.29, 0.717) is 16.6 Å². The Kier molecular flexibility index (Phi) is 5.09. The number of ketones is 1. The Bertz CT molecular complexity index is 1270. The van der Waals surface area contributed by atoms with Crippen LogP contribution >= 0.6 is 34.8 Å². The number of benzene rings is 3. The number of hydrogen-bond donors (Lipinski definition) is 1. The van der Waals surface area contributed by atoms with Crippen molar-refractivity contribution in [1.29, 1.82) is 0 Å². The summed E-state index contributed by atoms with van der Waals surface area (Å²) >= 11 is 18.8. The second-order valence-corrected chi connectivity index (χ2v) is 7.55. The van der Waals surface area contributed by atoms with E-state index in [9.17, 15) is 9.59 Å². The molecule has 0 fully saturated rings. The molecule has 0 amide bonds. The first-order valence-corrected chi connectivity index (χ1v) is 9.64. The number of aromatic nitrogens is 1. The van der Waals surface area contributed by atoms with Gasteiger partial charge in [0, 0.05) is 17.1 Å². The van der Waals surface area contributed by atoms with E-state index < -0.39 is 5.97 Å². The van der Waals surface area contributed by atoms with E-state index in [1.54, 1.807) is 35.0 Å². The normalized spacial score (nSPS) is 11.0. The largest absolute Gasteiger partial charge is 0.478 e. The van der Waals surface area contributed by atoms with Gasteiger partial charge in [-0.25, -0.2) is 4.79 Å². The van der Waals surface area contributed by atoms with Crippen LogP contribution in [0.2, 0.25) is 15.1 Å². The lowest BCUT2D eigenvalue weighted by Gasteiger charge is -2.08. The fourth-order valence-corrected chi connectivity index (χ4v) is 4.09. The number of carbonyl (C=O) groups is 2. The van der Waals surface area contributed by atoms with Crippen LogP contribution in [0.1, 0.15) is 26.3 Å². The third-order valence-electron chi connectivity index (χ3n) is 4.60. The van der Waals surface area contributed by atoms with E-state index in [0.717, 1.165) is 5.52 Å². The van der Waals surface area contributed by atoms with Gasteiger partial charge in [-0.1, -0.05) is 59.1 Å². The molecule has 1 aromatic heterocycles. The number of nitrogens with zero attached hydrogens (tertiary/aromatic N) is 1. The van der Waals surface area contributed by atoms with Gasteiger partial charge >= 0.3 is 5.97 Å². The van der Waals surface area contributed by atoms with Gasteiger partial charge in [-0.3, -0.25) is 4.79 Å². The van der Waals surface area contributed by atoms with Crippen molar-refractivity contribution >= 4 is 57.5 Å². The van der Waals surface area contributed by atoms with Crippen molar-refractivity contribution in [2.45, 2.75) is 0 Å². The van der Waals surface area contributed by atoms with Gasteiger partial charge in [0.15, 0.2) is 5.78 Å². The lowest BCUT2D eigenvalue weighted by Crippen LogP contribution is -2.03. The predicted molar refractivity (Wildman–Crippen MR) is 115 cm³/mol. The van der Waals surface area contributed by atoms with Crippen molar-refractivity contribution < 1.29 is 14.7 Å². The van der Waals surface area contributed by atoms with Crippen LogP contribution in [0, 0.1) is 0 Å². The fraction of sp³-hybridized carbons (Fsp3) is 0. The summed E-state index contributed by atoms with van der Waals surface area (Å²) in [6.07, 6.45) is 1.66. The smallest absolute Gasteiger partial charge is 0.335 e. The molecule has 0 atom stereocenters. The van der Waals surface area contributed by atoms with E-state index in [1.807, 2.05) is 24.3 Å². The Hall–Kier alpha value is -2.79. The minimum atomic E-state index is -1.07. The number of halogens is 3. The van der Waals surface area contributed by atoms with Gasteiger partial charge in [-0.2, -0.15) is 0 Å². The first-order valence-electron chi connectivity index (χ1n) is 8.50. The number of carboxylic acid groups (broad SMARTS) is 1. The molecule has 4 nitrogen and oxygen atoms in total. The van der Waals surface area contributed by atoms with Gasteiger partial charge in [0.2, 0.25) is 0 Å². The summed E-state index contributed by atoms with van der Waals surface area (Å²) in [5.41, 5.74) is 2.01. The molecule has 0 unspecified atom stereocenters. The highest BCUT2D eigenvalue weighted by Crippen LogP contribution is 2.33. The van der Waals surface area contributed by atoms with Crippen LogP contribution in [-0.2, 0) is 0 Å². The van der Waals surface area contributed by atoms with E-state index in [2.05, 4.69) is 0 Å². The van der Waals surface area contributed by atoms with E-state index in [1.165, 1.54) is 12.1 Å². The van der Waals surface area contributed by atoms with Crippen LogP contribution in [0.3, 0.4) is 0 Å². The molecule has 0 radical (unpaired) electrons. The van der Waals surface area contributed by atoms with Crippen LogP contribution in [0.5, 0.6) is 0 Å². The number of fused-ring (bicyclic) bond motifs is 1. The van der Waals surface area contributed by atoms with Crippen molar-refractivity contribution in [2.75, 3.05) is 0 Å². The van der Waals surface area contributed by atoms with Crippen molar-refractivity contribution in [3.63, 3.8) is 0 Å². The molecule has 3 aromatic carbocycles. The summed E-state index contributed by atoms with van der Waals surface area (Å²) in [6.45, 7) is 0. The molecule has 1 heterocycles. The molecule has 1 N–H and O–H groups in total. The summed E-state index contributed by atoms with van der Waals surface area (Å²) in [5, 5.41) is 10.6.